The van der Waals surface area contributed by atoms with E-state index >= 15 is 0 Å². The Morgan fingerprint density at radius 1 is 0.741 bits per heavy atom. The molecule has 2 aliphatic heterocycles. The molecule has 8 rings (SSSR count). The average molecular weight is 768 g/mol. The minimum Gasteiger partial charge on any atom is -0.268 e. The van der Waals surface area contributed by atoms with Crippen LogP contribution in [-0.2, 0) is 4.79 Å². The maximum Gasteiger partial charge on any atom is 0.283 e. The molecule has 0 N–H and O–H groups in total. The summed E-state index contributed by atoms with van der Waals surface area (Å²) in [6.45, 7) is 8.05. The average Bonchev–Trinajstić information content (AvgIpc) is 3.77. The third-order valence-corrected chi connectivity index (χ3v) is 12.5. The van der Waals surface area contributed by atoms with Gasteiger partial charge in [0.2, 0.25) is 0 Å². The number of carbonyl (C=O) groups is 3. The SMILES string of the molecule is Cc1ccc(N=C2S/C(=C\c3ccc(Sc4nc5ccc(N6C(=O)c7ccccc7C6=O)cc5s4)c([N+](=O)[O-])c3)C(=O)N2c2ccc(C)c(C)c2)cc1C. The molecule has 6 aromatic rings. The van der Waals surface area contributed by atoms with Crippen LogP contribution in [0.4, 0.5) is 22.7 Å². The van der Waals surface area contributed by atoms with E-state index in [1.165, 1.54) is 29.2 Å². The molecule has 0 saturated carbocycles. The number of hydrogen-bond acceptors (Lipinski definition) is 10. The van der Waals surface area contributed by atoms with Gasteiger partial charge in [0.05, 0.1) is 53.1 Å². The zero-order valence-corrected chi connectivity index (χ0v) is 31.8. The van der Waals surface area contributed by atoms with Crippen LogP contribution in [-0.4, -0.2) is 32.8 Å². The highest BCUT2D eigenvalue weighted by Crippen LogP contribution is 2.42. The number of amides is 3. The second kappa shape index (κ2) is 13.8. The molecule has 1 aromatic heterocycles. The fraction of sp³-hybridized carbons (Fsp3) is 0.0976. The first-order chi connectivity index (χ1) is 25.9. The third kappa shape index (κ3) is 6.40. The Hall–Kier alpha value is -5.89. The Kier molecular flexibility index (Phi) is 9.00. The summed E-state index contributed by atoms with van der Waals surface area (Å²) in [6.07, 6.45) is 1.66. The van der Waals surface area contributed by atoms with Crippen molar-refractivity contribution in [1.82, 2.24) is 4.98 Å². The van der Waals surface area contributed by atoms with E-state index in [2.05, 4.69) is 4.98 Å². The smallest absolute Gasteiger partial charge is 0.268 e. The lowest BCUT2D eigenvalue weighted by molar-refractivity contribution is -0.387. The molecule has 1 saturated heterocycles. The van der Waals surface area contributed by atoms with E-state index in [9.17, 15) is 24.5 Å². The van der Waals surface area contributed by atoms with Gasteiger partial charge in [-0.15, -0.1) is 11.3 Å². The Morgan fingerprint density at radius 3 is 2.09 bits per heavy atom. The monoisotopic (exact) mass is 767 g/mol. The third-order valence-electron chi connectivity index (χ3n) is 9.35. The number of fused-ring (bicyclic) bond motifs is 2. The predicted octanol–water partition coefficient (Wildman–Crippen LogP) is 10.2. The van der Waals surface area contributed by atoms with E-state index in [-0.39, 0.29) is 23.4 Å². The lowest BCUT2D eigenvalue weighted by atomic mass is 10.1. The van der Waals surface area contributed by atoms with Crippen molar-refractivity contribution in [2.75, 3.05) is 9.80 Å². The number of hydrogen-bond donors (Lipinski definition) is 0. The largest absolute Gasteiger partial charge is 0.283 e. The Bertz CT molecular complexity index is 2650. The second-order valence-corrected chi connectivity index (χ2v) is 16.2. The van der Waals surface area contributed by atoms with Gasteiger partial charge in [-0.1, -0.05) is 42.1 Å². The van der Waals surface area contributed by atoms with Crippen LogP contribution in [0.25, 0.3) is 16.3 Å². The zero-order valence-electron chi connectivity index (χ0n) is 29.3. The van der Waals surface area contributed by atoms with Crippen LogP contribution < -0.4 is 9.80 Å². The van der Waals surface area contributed by atoms with Gasteiger partial charge in [-0.25, -0.2) is 14.9 Å². The van der Waals surface area contributed by atoms with Crippen molar-refractivity contribution in [1.29, 1.82) is 0 Å². The normalized spacial score (nSPS) is 15.7. The highest BCUT2D eigenvalue weighted by molar-refractivity contribution is 8.19. The summed E-state index contributed by atoms with van der Waals surface area (Å²) >= 11 is 3.68. The van der Waals surface area contributed by atoms with Crippen molar-refractivity contribution in [3.05, 3.63) is 151 Å². The summed E-state index contributed by atoms with van der Waals surface area (Å²) in [5.74, 6) is -1.05. The van der Waals surface area contributed by atoms with Crippen molar-refractivity contribution in [3.63, 3.8) is 0 Å². The number of aliphatic imine (C=N–C) groups is 1. The van der Waals surface area contributed by atoms with Crippen LogP contribution in [0.3, 0.4) is 0 Å². The maximum absolute atomic E-state index is 14.0. The molecule has 266 valence electrons. The number of rotatable bonds is 7. The highest BCUT2D eigenvalue weighted by atomic mass is 32.2. The predicted molar refractivity (Wildman–Crippen MR) is 216 cm³/mol. The van der Waals surface area contributed by atoms with Crippen LogP contribution in [0.1, 0.15) is 48.5 Å². The van der Waals surface area contributed by atoms with E-state index in [0.717, 1.165) is 49.3 Å². The number of nitrogens with zero attached hydrogens (tertiary/aromatic N) is 5. The summed E-state index contributed by atoms with van der Waals surface area (Å²) in [6, 6.07) is 28.4. The summed E-state index contributed by atoms with van der Waals surface area (Å²) in [5, 5.41) is 12.9. The number of nitro benzene ring substituents is 1. The second-order valence-electron chi connectivity index (χ2n) is 12.9. The lowest BCUT2D eigenvalue weighted by Gasteiger charge is -2.17. The molecule has 0 radical (unpaired) electrons. The number of anilines is 2. The zero-order chi connectivity index (χ0) is 37.8. The Balaban J connectivity index is 1.09. The molecule has 3 heterocycles. The van der Waals surface area contributed by atoms with Gasteiger partial charge in [0.15, 0.2) is 9.51 Å². The van der Waals surface area contributed by atoms with Crippen LogP contribution in [0.2, 0.25) is 0 Å². The van der Waals surface area contributed by atoms with Crippen molar-refractivity contribution >= 4 is 96.8 Å². The van der Waals surface area contributed by atoms with Gasteiger partial charge in [0.25, 0.3) is 23.4 Å². The number of imide groups is 1. The Morgan fingerprint density at radius 2 is 1.41 bits per heavy atom. The number of carbonyl (C=O) groups excluding carboxylic acids is 3. The van der Waals surface area contributed by atoms with Gasteiger partial charge < -0.3 is 0 Å². The maximum atomic E-state index is 14.0. The number of benzene rings is 5. The summed E-state index contributed by atoms with van der Waals surface area (Å²) < 4.78 is 1.27. The number of nitro groups is 1. The van der Waals surface area contributed by atoms with Crippen molar-refractivity contribution in [2.45, 2.75) is 36.9 Å². The molecule has 0 unspecified atom stereocenters. The van der Waals surface area contributed by atoms with Gasteiger partial charge in [-0.2, -0.15) is 0 Å². The van der Waals surface area contributed by atoms with Gasteiger partial charge in [-0.05, 0) is 134 Å². The van der Waals surface area contributed by atoms with E-state index < -0.39 is 4.92 Å². The minimum atomic E-state index is -0.449. The Labute approximate surface area is 322 Å². The van der Waals surface area contributed by atoms with E-state index in [4.69, 9.17) is 4.99 Å². The number of thiazole rings is 1. The van der Waals surface area contributed by atoms with Crippen molar-refractivity contribution in [2.24, 2.45) is 4.99 Å². The first-order valence-corrected chi connectivity index (χ1v) is 19.2. The van der Waals surface area contributed by atoms with Crippen molar-refractivity contribution in [3.8, 4) is 0 Å². The number of thioether (sulfide) groups is 1. The topological polar surface area (TPSA) is 126 Å². The quantitative estimate of drug-likeness (QED) is 0.0680. The summed E-state index contributed by atoms with van der Waals surface area (Å²) in [4.78, 5) is 65.1. The molecule has 0 spiro atoms. The number of amidine groups is 1. The molecule has 1 fully saturated rings. The molecule has 10 nitrogen and oxygen atoms in total. The van der Waals surface area contributed by atoms with Gasteiger partial charge in [0, 0.05) is 6.07 Å². The molecule has 13 heteroatoms. The molecule has 3 amide bonds. The van der Waals surface area contributed by atoms with Crippen molar-refractivity contribution < 1.29 is 19.3 Å². The summed E-state index contributed by atoms with van der Waals surface area (Å²) in [5.41, 5.74) is 7.89. The van der Waals surface area contributed by atoms with E-state index in [1.807, 2.05) is 64.1 Å². The fourth-order valence-corrected chi connectivity index (χ4v) is 9.29. The first-order valence-electron chi connectivity index (χ1n) is 16.8. The number of aromatic nitrogens is 1. The van der Waals surface area contributed by atoms with Crippen LogP contribution >= 0.6 is 34.9 Å². The van der Waals surface area contributed by atoms with E-state index in [0.29, 0.717) is 52.9 Å². The van der Waals surface area contributed by atoms with Gasteiger partial charge in [-0.3, -0.25) is 29.4 Å². The highest BCUT2D eigenvalue weighted by Gasteiger charge is 2.37. The van der Waals surface area contributed by atoms with Crippen LogP contribution in [0, 0.1) is 37.8 Å². The standard InChI is InChI=1S/C41H29N5O5S3/c1-22-9-12-27(17-24(22)3)42-40-45(28-13-10-23(2)25(4)18-28)39(49)36(52-40)20-26-11-16-34(33(19-26)46(50)51)53-41-43-32-15-14-29(21-35(32)54-41)44-37(47)30-7-5-6-8-31(30)38(44)48/h5-21H,1-4H3/b36-20-,42-40?. The molecule has 0 bridgehead atoms. The van der Waals surface area contributed by atoms with E-state index in [1.54, 1.807) is 65.6 Å². The van der Waals surface area contributed by atoms with Gasteiger partial charge in [0.1, 0.15) is 0 Å². The fourth-order valence-electron chi connectivity index (χ4n) is 6.14. The molecule has 0 atom stereocenters. The molecular weight excluding hydrogens is 739 g/mol. The van der Waals surface area contributed by atoms with Gasteiger partial charge >= 0.3 is 0 Å². The molecule has 5 aromatic carbocycles. The molecule has 54 heavy (non-hydrogen) atoms. The van der Waals surface area contributed by atoms with Crippen LogP contribution in [0.15, 0.2) is 116 Å². The molecule has 0 aliphatic carbocycles. The minimum absolute atomic E-state index is 0.134. The summed E-state index contributed by atoms with van der Waals surface area (Å²) in [7, 11) is 0. The molecule has 2 aliphatic rings. The number of aryl methyl sites for hydroxylation is 4. The first kappa shape index (κ1) is 35.2. The molecular formula is C41H29N5O5S3. The van der Waals surface area contributed by atoms with Crippen LogP contribution in [0.5, 0.6) is 0 Å². The lowest BCUT2D eigenvalue weighted by Crippen LogP contribution is -2.29.